The third-order valence-electron chi connectivity index (χ3n) is 4.92. The first kappa shape index (κ1) is 17.2. The molecular weight excluding hydrogens is 323 g/mol. The highest BCUT2D eigenvalue weighted by atomic mass is 19.4. The monoisotopic (exact) mass is 343 g/mol. The molecule has 1 aromatic rings. The number of rotatable bonds is 2. The van der Waals surface area contributed by atoms with E-state index in [2.05, 4.69) is 0 Å². The fourth-order valence-electron chi connectivity index (χ4n) is 3.60. The van der Waals surface area contributed by atoms with Crippen LogP contribution in [0.3, 0.4) is 0 Å². The lowest BCUT2D eigenvalue weighted by atomic mass is 9.85. The number of alkyl halides is 3. The highest BCUT2D eigenvalue weighted by molar-refractivity contribution is 5.94. The van der Waals surface area contributed by atoms with E-state index in [0.29, 0.717) is 26.1 Å². The van der Waals surface area contributed by atoms with E-state index < -0.39 is 17.6 Å². The summed E-state index contributed by atoms with van der Waals surface area (Å²) < 4.78 is 49.9. The summed E-state index contributed by atoms with van der Waals surface area (Å²) in [6, 6.07) is 4.54. The van der Waals surface area contributed by atoms with Gasteiger partial charge in [0.15, 0.2) is 0 Å². The second-order valence-electron chi connectivity index (χ2n) is 6.32. The Morgan fingerprint density at radius 1 is 1.38 bits per heavy atom. The maximum Gasteiger partial charge on any atom is 0.416 e. The number of hydrogen-bond acceptors (Lipinski definition) is 3. The number of hydrogen-bond donors (Lipinski definition) is 0. The summed E-state index contributed by atoms with van der Waals surface area (Å²) in [7, 11) is 1.58. The van der Waals surface area contributed by atoms with Crippen molar-refractivity contribution < 1.29 is 27.4 Å². The molecule has 7 heteroatoms. The van der Waals surface area contributed by atoms with Crippen molar-refractivity contribution >= 4 is 5.91 Å². The molecule has 24 heavy (non-hydrogen) atoms. The van der Waals surface area contributed by atoms with Gasteiger partial charge < -0.3 is 14.4 Å². The molecule has 2 fully saturated rings. The first-order valence-corrected chi connectivity index (χ1v) is 7.99. The van der Waals surface area contributed by atoms with Gasteiger partial charge in [-0.1, -0.05) is 6.07 Å². The Hall–Kier alpha value is -1.60. The van der Waals surface area contributed by atoms with E-state index in [0.717, 1.165) is 25.0 Å². The van der Waals surface area contributed by atoms with Gasteiger partial charge in [0, 0.05) is 32.4 Å². The van der Waals surface area contributed by atoms with Crippen LogP contribution in [0.4, 0.5) is 13.2 Å². The Kier molecular flexibility index (Phi) is 4.57. The zero-order valence-corrected chi connectivity index (χ0v) is 13.4. The molecule has 1 spiro atoms. The fraction of sp³-hybridized carbons (Fsp3) is 0.588. The largest absolute Gasteiger partial charge is 0.416 e. The number of amides is 1. The highest BCUT2D eigenvalue weighted by Crippen LogP contribution is 2.38. The highest BCUT2D eigenvalue weighted by Gasteiger charge is 2.47. The average Bonchev–Trinajstić information content (AvgIpc) is 3.03. The first-order valence-electron chi connectivity index (χ1n) is 7.99. The number of nitrogens with zero attached hydrogens (tertiary/aromatic N) is 1. The van der Waals surface area contributed by atoms with Crippen molar-refractivity contribution in [2.24, 2.45) is 0 Å². The third-order valence-corrected chi connectivity index (χ3v) is 4.92. The summed E-state index contributed by atoms with van der Waals surface area (Å²) in [5.41, 5.74) is -1.13. The van der Waals surface area contributed by atoms with Crippen LogP contribution in [0.2, 0.25) is 0 Å². The lowest BCUT2D eigenvalue weighted by Gasteiger charge is -2.44. The van der Waals surface area contributed by atoms with E-state index in [-0.39, 0.29) is 17.3 Å². The molecule has 0 radical (unpaired) electrons. The first-order chi connectivity index (χ1) is 11.4. The van der Waals surface area contributed by atoms with Crippen molar-refractivity contribution in [2.45, 2.75) is 37.1 Å². The maximum atomic E-state index is 12.8. The average molecular weight is 343 g/mol. The summed E-state index contributed by atoms with van der Waals surface area (Å²) >= 11 is 0. The zero-order valence-electron chi connectivity index (χ0n) is 13.4. The molecular formula is C17H20F3NO3. The molecule has 2 aliphatic heterocycles. The van der Waals surface area contributed by atoms with E-state index in [1.165, 1.54) is 12.1 Å². The van der Waals surface area contributed by atoms with Crippen LogP contribution in [0.1, 0.15) is 35.2 Å². The van der Waals surface area contributed by atoms with Crippen molar-refractivity contribution in [1.82, 2.24) is 4.90 Å². The lowest BCUT2D eigenvalue weighted by molar-refractivity contribution is -0.137. The van der Waals surface area contributed by atoms with Crippen LogP contribution < -0.4 is 0 Å². The molecule has 0 unspecified atom stereocenters. The Labute approximate surface area is 138 Å². The molecule has 132 valence electrons. The second kappa shape index (κ2) is 6.37. The molecule has 0 bridgehead atoms. The predicted octanol–water partition coefficient (Wildman–Crippen LogP) is 3.12. The van der Waals surface area contributed by atoms with Gasteiger partial charge in [0.2, 0.25) is 0 Å². The van der Waals surface area contributed by atoms with Crippen molar-refractivity contribution in [3.05, 3.63) is 35.4 Å². The number of halogens is 3. The predicted molar refractivity (Wildman–Crippen MR) is 80.7 cm³/mol. The van der Waals surface area contributed by atoms with Crippen molar-refractivity contribution in [1.29, 1.82) is 0 Å². The number of likely N-dealkylation sites (tertiary alicyclic amines) is 1. The van der Waals surface area contributed by atoms with Gasteiger partial charge in [-0.05, 0) is 37.5 Å². The molecule has 0 saturated carbocycles. The molecule has 2 heterocycles. The van der Waals surface area contributed by atoms with E-state index in [1.54, 1.807) is 12.0 Å². The van der Waals surface area contributed by atoms with Gasteiger partial charge >= 0.3 is 6.18 Å². The van der Waals surface area contributed by atoms with Crippen LogP contribution in [0.15, 0.2) is 24.3 Å². The molecule has 2 saturated heterocycles. The standard InChI is InChI=1S/C17H20F3NO3/c1-23-14-11-21(8-7-16(14)6-3-9-24-16)15(22)12-4-2-5-13(10-12)17(18,19)20/h2,4-5,10,14H,3,6-9,11H2,1H3/t14-,16-/m0/s1. The van der Waals surface area contributed by atoms with Gasteiger partial charge in [-0.15, -0.1) is 0 Å². The number of ether oxygens (including phenoxy) is 2. The van der Waals surface area contributed by atoms with Crippen molar-refractivity contribution in [2.75, 3.05) is 26.8 Å². The number of carbonyl (C=O) groups is 1. The fourth-order valence-corrected chi connectivity index (χ4v) is 3.60. The summed E-state index contributed by atoms with van der Waals surface area (Å²) in [6.45, 7) is 1.46. The topological polar surface area (TPSA) is 38.8 Å². The van der Waals surface area contributed by atoms with Gasteiger partial charge in [0.05, 0.1) is 11.2 Å². The minimum absolute atomic E-state index is 0.0444. The van der Waals surface area contributed by atoms with Crippen LogP contribution in [0.5, 0.6) is 0 Å². The van der Waals surface area contributed by atoms with Gasteiger partial charge in [-0.3, -0.25) is 4.79 Å². The Morgan fingerprint density at radius 3 is 2.79 bits per heavy atom. The number of methoxy groups -OCH3 is 1. The van der Waals surface area contributed by atoms with E-state index in [9.17, 15) is 18.0 Å². The SMILES string of the molecule is CO[C@H]1CN(C(=O)c2cccc(C(F)(F)F)c2)CC[C@@]12CCCO2. The minimum atomic E-state index is -4.46. The zero-order chi connectivity index (χ0) is 17.4. The molecule has 0 aromatic heterocycles. The number of piperidine rings is 1. The molecule has 2 atom stereocenters. The summed E-state index contributed by atoms with van der Waals surface area (Å²) in [6.07, 6.45) is -2.24. The smallest absolute Gasteiger partial charge is 0.377 e. The van der Waals surface area contributed by atoms with E-state index >= 15 is 0 Å². The third kappa shape index (κ3) is 3.15. The van der Waals surface area contributed by atoms with Crippen LogP contribution in [0.25, 0.3) is 0 Å². The van der Waals surface area contributed by atoms with Gasteiger partial charge in [-0.2, -0.15) is 13.2 Å². The lowest BCUT2D eigenvalue weighted by Crippen LogP contribution is -2.57. The molecule has 3 rings (SSSR count). The minimum Gasteiger partial charge on any atom is -0.377 e. The second-order valence-corrected chi connectivity index (χ2v) is 6.32. The van der Waals surface area contributed by atoms with E-state index in [1.807, 2.05) is 0 Å². The molecule has 4 nitrogen and oxygen atoms in total. The Bertz CT molecular complexity index is 611. The van der Waals surface area contributed by atoms with Crippen LogP contribution in [-0.2, 0) is 15.7 Å². The summed E-state index contributed by atoms with van der Waals surface area (Å²) in [4.78, 5) is 14.2. The molecule has 2 aliphatic rings. The van der Waals surface area contributed by atoms with Crippen molar-refractivity contribution in [3.63, 3.8) is 0 Å². The maximum absolute atomic E-state index is 12.8. The number of carbonyl (C=O) groups excluding carboxylic acids is 1. The number of benzene rings is 1. The van der Waals surface area contributed by atoms with Gasteiger partial charge in [0.25, 0.3) is 5.91 Å². The van der Waals surface area contributed by atoms with E-state index in [4.69, 9.17) is 9.47 Å². The van der Waals surface area contributed by atoms with Gasteiger partial charge in [-0.25, -0.2) is 0 Å². The molecule has 1 aromatic carbocycles. The molecule has 0 N–H and O–H groups in total. The van der Waals surface area contributed by atoms with Crippen LogP contribution >= 0.6 is 0 Å². The van der Waals surface area contributed by atoms with Crippen LogP contribution in [-0.4, -0.2) is 49.3 Å². The Balaban J connectivity index is 1.77. The quantitative estimate of drug-likeness (QED) is 0.828. The van der Waals surface area contributed by atoms with Crippen LogP contribution in [0, 0.1) is 0 Å². The summed E-state index contributed by atoms with van der Waals surface area (Å²) in [5, 5.41) is 0. The normalized spacial score (nSPS) is 27.7. The van der Waals surface area contributed by atoms with Gasteiger partial charge in [0.1, 0.15) is 6.10 Å². The molecule has 1 amide bonds. The molecule has 0 aliphatic carbocycles. The van der Waals surface area contributed by atoms with Crippen molar-refractivity contribution in [3.8, 4) is 0 Å². The summed E-state index contributed by atoms with van der Waals surface area (Å²) in [5.74, 6) is -0.406. The Morgan fingerprint density at radius 2 is 2.17 bits per heavy atom.